The largest absolute Gasteiger partial charge is 0.505 e. The van der Waals surface area contributed by atoms with Crippen LogP contribution in [0.25, 0.3) is 22.0 Å². The molecule has 2 heterocycles. The Kier molecular flexibility index (Phi) is 4.53. The second-order valence-corrected chi connectivity index (χ2v) is 8.64. The minimum Gasteiger partial charge on any atom is -0.505 e. The van der Waals surface area contributed by atoms with Crippen LogP contribution in [0.4, 0.5) is 13.2 Å². The average Bonchev–Trinajstić information content (AvgIpc) is 3.37. The number of hydrogen-bond acceptors (Lipinski definition) is 4. The highest BCUT2D eigenvalue weighted by Gasteiger charge is 2.50. The molecule has 5 rings (SSSR count). The molecule has 0 unspecified atom stereocenters. The van der Waals surface area contributed by atoms with Gasteiger partial charge in [-0.2, -0.15) is 24.5 Å². The molecule has 1 aliphatic carbocycles. The molecular formula is C24H16F3NO3S. The van der Waals surface area contributed by atoms with Gasteiger partial charge in [0.25, 0.3) is 0 Å². The minimum atomic E-state index is -4.45. The van der Waals surface area contributed by atoms with Crippen LogP contribution < -0.4 is 0 Å². The molecule has 0 atom stereocenters. The Morgan fingerprint density at radius 1 is 1.06 bits per heavy atom. The van der Waals surface area contributed by atoms with E-state index < -0.39 is 28.9 Å². The average molecular weight is 455 g/mol. The van der Waals surface area contributed by atoms with Crippen molar-refractivity contribution in [1.29, 1.82) is 0 Å². The van der Waals surface area contributed by atoms with E-state index in [9.17, 15) is 28.2 Å². The van der Waals surface area contributed by atoms with E-state index in [1.54, 1.807) is 12.1 Å². The summed E-state index contributed by atoms with van der Waals surface area (Å²) in [5.41, 5.74) is 0.959. The van der Waals surface area contributed by atoms with E-state index in [0.29, 0.717) is 29.3 Å². The Bertz CT molecular complexity index is 1340. The van der Waals surface area contributed by atoms with E-state index in [1.165, 1.54) is 23.5 Å². The summed E-state index contributed by atoms with van der Waals surface area (Å²) in [6, 6.07) is 11.8. The van der Waals surface area contributed by atoms with Crippen LogP contribution in [-0.2, 0) is 11.6 Å². The van der Waals surface area contributed by atoms with Crippen LogP contribution in [-0.4, -0.2) is 21.2 Å². The molecule has 1 fully saturated rings. The van der Waals surface area contributed by atoms with E-state index >= 15 is 0 Å². The Labute approximate surface area is 184 Å². The van der Waals surface area contributed by atoms with Crippen molar-refractivity contribution in [3.8, 4) is 16.9 Å². The van der Waals surface area contributed by atoms with E-state index in [0.717, 1.165) is 23.3 Å². The Morgan fingerprint density at radius 3 is 2.34 bits per heavy atom. The van der Waals surface area contributed by atoms with Crippen LogP contribution in [0.1, 0.15) is 40.0 Å². The quantitative estimate of drug-likeness (QED) is 0.370. The number of benzene rings is 2. The first-order chi connectivity index (χ1) is 15.2. The standard InChI is InChI=1S/C24H16F3NO3S/c25-24(26,27)15-6-4-14(5-7-15)23(9-10-23)21-20(29)18(22(30)31)17-3-1-2-16(19(17)28-21)13-8-11-32-12-13/h1-8,11-12,29H,9-10H2,(H,30,31). The lowest BCUT2D eigenvalue weighted by Crippen LogP contribution is -2.15. The molecule has 1 aliphatic rings. The highest BCUT2D eigenvalue weighted by Crippen LogP contribution is 2.56. The first-order valence-electron chi connectivity index (χ1n) is 9.82. The number of carbonyl (C=O) groups is 1. The maximum absolute atomic E-state index is 13.0. The van der Waals surface area contributed by atoms with Gasteiger partial charge in [0.2, 0.25) is 0 Å². The summed E-state index contributed by atoms with van der Waals surface area (Å²) in [5, 5.41) is 25.0. The van der Waals surface area contributed by atoms with Crippen molar-refractivity contribution in [2.75, 3.05) is 0 Å². The number of halogens is 3. The fraction of sp³-hybridized carbons (Fsp3) is 0.167. The zero-order valence-corrected chi connectivity index (χ0v) is 17.3. The molecule has 0 aliphatic heterocycles. The molecule has 0 amide bonds. The second-order valence-electron chi connectivity index (χ2n) is 7.86. The van der Waals surface area contributed by atoms with Crippen molar-refractivity contribution < 1.29 is 28.2 Å². The molecule has 2 N–H and O–H groups in total. The summed E-state index contributed by atoms with van der Waals surface area (Å²) in [6.45, 7) is 0. The van der Waals surface area contributed by atoms with Gasteiger partial charge in [-0.3, -0.25) is 0 Å². The summed E-state index contributed by atoms with van der Waals surface area (Å²) in [4.78, 5) is 16.8. The topological polar surface area (TPSA) is 70.4 Å². The van der Waals surface area contributed by atoms with E-state index in [1.807, 2.05) is 22.9 Å². The molecule has 2 aromatic carbocycles. The number of nitrogens with zero attached hydrogens (tertiary/aromatic N) is 1. The van der Waals surface area contributed by atoms with Crippen molar-refractivity contribution in [2.24, 2.45) is 0 Å². The van der Waals surface area contributed by atoms with Gasteiger partial charge < -0.3 is 10.2 Å². The van der Waals surface area contributed by atoms with E-state index in [-0.39, 0.29) is 11.3 Å². The van der Waals surface area contributed by atoms with Crippen LogP contribution in [0, 0.1) is 0 Å². The molecule has 4 aromatic rings. The highest BCUT2D eigenvalue weighted by molar-refractivity contribution is 7.08. The summed E-state index contributed by atoms with van der Waals surface area (Å²) >= 11 is 1.49. The van der Waals surface area contributed by atoms with Gasteiger partial charge in [-0.25, -0.2) is 9.78 Å². The molecule has 0 radical (unpaired) electrons. The third-order valence-electron chi connectivity index (χ3n) is 6.00. The monoisotopic (exact) mass is 455 g/mol. The van der Waals surface area contributed by atoms with E-state index in [2.05, 4.69) is 0 Å². The molecule has 0 bridgehead atoms. The lowest BCUT2D eigenvalue weighted by atomic mass is 9.88. The van der Waals surface area contributed by atoms with Gasteiger partial charge in [-0.05, 0) is 52.9 Å². The number of para-hydroxylation sites is 1. The number of carboxylic acid groups (broad SMARTS) is 1. The van der Waals surface area contributed by atoms with Crippen molar-refractivity contribution in [3.05, 3.63) is 81.7 Å². The third-order valence-corrected chi connectivity index (χ3v) is 6.69. The number of hydrogen-bond donors (Lipinski definition) is 2. The Balaban J connectivity index is 1.75. The summed E-state index contributed by atoms with van der Waals surface area (Å²) in [7, 11) is 0. The van der Waals surface area contributed by atoms with Gasteiger partial charge in [0.05, 0.1) is 16.8 Å². The first kappa shape index (κ1) is 20.5. The second kappa shape index (κ2) is 7.06. The smallest absolute Gasteiger partial charge is 0.416 e. The van der Waals surface area contributed by atoms with Crippen molar-refractivity contribution >= 4 is 28.2 Å². The predicted molar refractivity (Wildman–Crippen MR) is 115 cm³/mol. The maximum Gasteiger partial charge on any atom is 0.416 e. The number of thiophene rings is 1. The molecule has 0 saturated heterocycles. The summed E-state index contributed by atoms with van der Waals surface area (Å²) < 4.78 is 39.0. The zero-order valence-electron chi connectivity index (χ0n) is 16.5. The molecular weight excluding hydrogens is 439 g/mol. The number of fused-ring (bicyclic) bond motifs is 1. The number of aromatic hydroxyl groups is 1. The fourth-order valence-electron chi connectivity index (χ4n) is 4.24. The number of rotatable bonds is 4. The van der Waals surface area contributed by atoms with Gasteiger partial charge in [0.1, 0.15) is 5.56 Å². The maximum atomic E-state index is 13.0. The molecule has 162 valence electrons. The van der Waals surface area contributed by atoms with Crippen LogP contribution >= 0.6 is 11.3 Å². The number of aromatic nitrogens is 1. The molecule has 1 saturated carbocycles. The number of alkyl halides is 3. The molecule has 0 spiro atoms. The zero-order chi connectivity index (χ0) is 22.7. The van der Waals surface area contributed by atoms with Crippen LogP contribution in [0.3, 0.4) is 0 Å². The van der Waals surface area contributed by atoms with Gasteiger partial charge in [0.15, 0.2) is 5.75 Å². The van der Waals surface area contributed by atoms with E-state index in [4.69, 9.17) is 4.98 Å². The SMILES string of the molecule is O=C(O)c1c(O)c(C2(c3ccc(C(F)(F)F)cc3)CC2)nc2c(-c3ccsc3)cccc12. The van der Waals surface area contributed by atoms with Gasteiger partial charge >= 0.3 is 12.1 Å². The third kappa shape index (κ3) is 3.14. The number of aromatic carboxylic acids is 1. The fourth-order valence-corrected chi connectivity index (χ4v) is 4.90. The molecule has 8 heteroatoms. The van der Waals surface area contributed by atoms with Gasteiger partial charge in [0, 0.05) is 16.4 Å². The lowest BCUT2D eigenvalue weighted by Gasteiger charge is -2.20. The number of pyridine rings is 1. The molecule has 2 aromatic heterocycles. The Hall–Kier alpha value is -3.39. The predicted octanol–water partition coefficient (Wildman–Crippen LogP) is 6.47. The van der Waals surface area contributed by atoms with Crippen LogP contribution in [0.5, 0.6) is 5.75 Å². The number of carboxylic acids is 1. The van der Waals surface area contributed by atoms with Crippen LogP contribution in [0.2, 0.25) is 0 Å². The molecule has 4 nitrogen and oxygen atoms in total. The minimum absolute atomic E-state index is 0.185. The van der Waals surface area contributed by atoms with Crippen molar-refractivity contribution in [2.45, 2.75) is 24.4 Å². The highest BCUT2D eigenvalue weighted by atomic mass is 32.1. The van der Waals surface area contributed by atoms with Crippen molar-refractivity contribution in [1.82, 2.24) is 4.98 Å². The Morgan fingerprint density at radius 2 is 1.78 bits per heavy atom. The van der Waals surface area contributed by atoms with Gasteiger partial charge in [-0.15, -0.1) is 0 Å². The van der Waals surface area contributed by atoms with Gasteiger partial charge in [-0.1, -0.05) is 30.3 Å². The van der Waals surface area contributed by atoms with Crippen molar-refractivity contribution in [3.63, 3.8) is 0 Å². The molecule has 32 heavy (non-hydrogen) atoms. The summed E-state index contributed by atoms with van der Waals surface area (Å²) in [5.74, 6) is -1.73. The van der Waals surface area contributed by atoms with Crippen LogP contribution in [0.15, 0.2) is 59.3 Å². The normalized spacial score (nSPS) is 15.1. The summed E-state index contributed by atoms with van der Waals surface area (Å²) in [6.07, 6.45) is -3.36. The lowest BCUT2D eigenvalue weighted by molar-refractivity contribution is -0.137. The first-order valence-corrected chi connectivity index (χ1v) is 10.8.